The van der Waals surface area contributed by atoms with Gasteiger partial charge < -0.3 is 14.7 Å². The fraction of sp³-hybridized carbons (Fsp3) is 0.846. The molecule has 2 heterocycles. The van der Waals surface area contributed by atoms with Gasteiger partial charge in [-0.3, -0.25) is 0 Å². The molecular formula is C13H24N4O. The number of rotatable bonds is 4. The molecule has 3 unspecified atom stereocenters. The third kappa shape index (κ3) is 3.29. The van der Waals surface area contributed by atoms with E-state index in [-0.39, 0.29) is 0 Å². The summed E-state index contributed by atoms with van der Waals surface area (Å²) in [4.78, 5) is 6.65. The molecule has 1 aromatic rings. The molecule has 5 heteroatoms. The second-order valence-electron chi connectivity index (χ2n) is 5.55. The van der Waals surface area contributed by atoms with Crippen molar-refractivity contribution < 1.29 is 4.52 Å². The number of aromatic nitrogens is 2. The summed E-state index contributed by atoms with van der Waals surface area (Å²) < 4.78 is 5.11. The normalized spacial score (nSPS) is 29.7. The van der Waals surface area contributed by atoms with Crippen LogP contribution in [0.4, 0.5) is 0 Å². The van der Waals surface area contributed by atoms with E-state index in [4.69, 9.17) is 4.52 Å². The zero-order valence-electron chi connectivity index (χ0n) is 11.8. The maximum Gasteiger partial charge on any atom is 0.227 e. The summed E-state index contributed by atoms with van der Waals surface area (Å²) in [7, 11) is 2.21. The predicted octanol–water partition coefficient (Wildman–Crippen LogP) is 1.24. The minimum atomic E-state index is 0.597. The Morgan fingerprint density at radius 1 is 1.44 bits per heavy atom. The van der Waals surface area contributed by atoms with E-state index in [1.807, 2.05) is 6.92 Å². The van der Waals surface area contributed by atoms with Crippen molar-refractivity contribution in [3.63, 3.8) is 0 Å². The number of piperidine rings is 1. The average Bonchev–Trinajstić information content (AvgIpc) is 2.71. The monoisotopic (exact) mass is 252 g/mol. The first kappa shape index (κ1) is 13.5. The van der Waals surface area contributed by atoms with Gasteiger partial charge in [0.1, 0.15) is 0 Å². The van der Waals surface area contributed by atoms with Crippen LogP contribution in [0.25, 0.3) is 0 Å². The summed E-state index contributed by atoms with van der Waals surface area (Å²) in [5, 5.41) is 7.42. The Kier molecular flexibility index (Phi) is 4.35. The molecule has 0 amide bonds. The number of hydrogen-bond donors (Lipinski definition) is 1. The van der Waals surface area contributed by atoms with Gasteiger partial charge in [-0.15, -0.1) is 0 Å². The molecule has 18 heavy (non-hydrogen) atoms. The molecule has 0 aliphatic carbocycles. The van der Waals surface area contributed by atoms with Gasteiger partial charge in [0.15, 0.2) is 5.82 Å². The summed E-state index contributed by atoms with van der Waals surface area (Å²) in [5.74, 6) is 2.13. The first-order valence-electron chi connectivity index (χ1n) is 6.79. The molecule has 0 aromatic carbocycles. The van der Waals surface area contributed by atoms with Crippen LogP contribution in [0.2, 0.25) is 0 Å². The maximum atomic E-state index is 5.11. The van der Waals surface area contributed by atoms with Crippen LogP contribution in [0.15, 0.2) is 4.52 Å². The minimum Gasteiger partial charge on any atom is -0.339 e. The number of nitrogens with one attached hydrogen (secondary N) is 1. The number of nitrogens with zero attached hydrogens (tertiary/aromatic N) is 3. The molecule has 1 N–H and O–H groups in total. The highest BCUT2D eigenvalue weighted by molar-refractivity contribution is 4.88. The predicted molar refractivity (Wildman–Crippen MR) is 70.4 cm³/mol. The van der Waals surface area contributed by atoms with Crippen LogP contribution in [0.5, 0.6) is 0 Å². The van der Waals surface area contributed by atoms with Crippen LogP contribution in [0.1, 0.15) is 32.0 Å². The van der Waals surface area contributed by atoms with E-state index in [0.29, 0.717) is 23.8 Å². The van der Waals surface area contributed by atoms with Crippen LogP contribution < -0.4 is 5.32 Å². The van der Waals surface area contributed by atoms with Crippen LogP contribution >= 0.6 is 0 Å². The fourth-order valence-corrected chi connectivity index (χ4v) is 2.63. The van der Waals surface area contributed by atoms with E-state index < -0.39 is 0 Å². The van der Waals surface area contributed by atoms with Crippen molar-refractivity contribution in [2.75, 3.05) is 20.1 Å². The summed E-state index contributed by atoms with van der Waals surface area (Å²) in [6.45, 7) is 8.53. The van der Waals surface area contributed by atoms with E-state index in [9.17, 15) is 0 Å². The van der Waals surface area contributed by atoms with E-state index in [1.165, 1.54) is 13.0 Å². The third-order valence-electron chi connectivity index (χ3n) is 3.93. The SMILES string of the molecule is Cc1noc(CCNC2CC(C)N(C)CC2C)n1. The first-order chi connectivity index (χ1) is 8.56. The van der Waals surface area contributed by atoms with Crippen LogP contribution in [0.3, 0.4) is 0 Å². The third-order valence-corrected chi connectivity index (χ3v) is 3.93. The summed E-state index contributed by atoms with van der Waals surface area (Å²) in [6, 6.07) is 1.25. The van der Waals surface area contributed by atoms with Gasteiger partial charge in [0.2, 0.25) is 5.89 Å². The lowest BCUT2D eigenvalue weighted by Crippen LogP contribution is -2.51. The molecule has 0 saturated carbocycles. The molecule has 1 fully saturated rings. The van der Waals surface area contributed by atoms with Gasteiger partial charge in [0, 0.05) is 31.6 Å². The Balaban J connectivity index is 1.76. The molecular weight excluding hydrogens is 228 g/mol. The van der Waals surface area contributed by atoms with Gasteiger partial charge in [-0.05, 0) is 33.2 Å². The zero-order chi connectivity index (χ0) is 13.1. The number of aryl methyl sites for hydroxylation is 1. The largest absolute Gasteiger partial charge is 0.339 e. The van der Waals surface area contributed by atoms with Crippen LogP contribution in [-0.4, -0.2) is 47.3 Å². The van der Waals surface area contributed by atoms with Crippen molar-refractivity contribution in [2.45, 2.75) is 45.7 Å². The highest BCUT2D eigenvalue weighted by Crippen LogP contribution is 2.20. The van der Waals surface area contributed by atoms with Crippen LogP contribution in [-0.2, 0) is 6.42 Å². The maximum absolute atomic E-state index is 5.11. The molecule has 5 nitrogen and oxygen atoms in total. The lowest BCUT2D eigenvalue weighted by atomic mass is 9.90. The summed E-state index contributed by atoms with van der Waals surface area (Å²) in [6.07, 6.45) is 2.02. The summed E-state index contributed by atoms with van der Waals surface area (Å²) >= 11 is 0. The Bertz CT molecular complexity index is 379. The Labute approximate surface area is 109 Å². The van der Waals surface area contributed by atoms with Gasteiger partial charge in [-0.1, -0.05) is 12.1 Å². The van der Waals surface area contributed by atoms with E-state index in [0.717, 1.165) is 18.9 Å². The van der Waals surface area contributed by atoms with Gasteiger partial charge in [-0.2, -0.15) is 4.98 Å². The molecule has 1 saturated heterocycles. The van der Waals surface area contributed by atoms with Crippen molar-refractivity contribution in [3.05, 3.63) is 11.7 Å². The van der Waals surface area contributed by atoms with Crippen molar-refractivity contribution in [3.8, 4) is 0 Å². The van der Waals surface area contributed by atoms with Gasteiger partial charge >= 0.3 is 0 Å². The second-order valence-corrected chi connectivity index (χ2v) is 5.55. The molecule has 1 aliphatic heterocycles. The van der Waals surface area contributed by atoms with Gasteiger partial charge in [-0.25, -0.2) is 0 Å². The van der Waals surface area contributed by atoms with Crippen LogP contribution in [0, 0.1) is 12.8 Å². The standard InChI is InChI=1S/C13H24N4O/c1-9-8-17(4)10(2)7-12(9)14-6-5-13-15-11(3)16-18-13/h9-10,12,14H,5-8H2,1-4H3. The molecule has 0 bridgehead atoms. The molecule has 102 valence electrons. The number of hydrogen-bond acceptors (Lipinski definition) is 5. The smallest absolute Gasteiger partial charge is 0.227 e. The summed E-state index contributed by atoms with van der Waals surface area (Å²) in [5.41, 5.74) is 0. The fourth-order valence-electron chi connectivity index (χ4n) is 2.63. The van der Waals surface area contributed by atoms with E-state index in [2.05, 4.69) is 41.3 Å². The topological polar surface area (TPSA) is 54.2 Å². The molecule has 1 aliphatic rings. The number of likely N-dealkylation sites (tertiary alicyclic amines) is 1. The quantitative estimate of drug-likeness (QED) is 0.873. The molecule has 3 atom stereocenters. The van der Waals surface area contributed by atoms with E-state index >= 15 is 0 Å². The average molecular weight is 252 g/mol. The molecule has 0 spiro atoms. The van der Waals surface area contributed by atoms with Gasteiger partial charge in [0.25, 0.3) is 0 Å². The Morgan fingerprint density at radius 3 is 2.89 bits per heavy atom. The second kappa shape index (κ2) is 5.80. The molecule has 0 radical (unpaired) electrons. The van der Waals surface area contributed by atoms with Crippen molar-refractivity contribution in [1.29, 1.82) is 0 Å². The highest BCUT2D eigenvalue weighted by Gasteiger charge is 2.28. The highest BCUT2D eigenvalue weighted by atomic mass is 16.5. The van der Waals surface area contributed by atoms with Crippen molar-refractivity contribution >= 4 is 0 Å². The lowest BCUT2D eigenvalue weighted by molar-refractivity contribution is 0.122. The Hall–Kier alpha value is -0.940. The van der Waals surface area contributed by atoms with Gasteiger partial charge in [0.05, 0.1) is 0 Å². The van der Waals surface area contributed by atoms with Crippen molar-refractivity contribution in [1.82, 2.24) is 20.4 Å². The van der Waals surface area contributed by atoms with Crippen molar-refractivity contribution in [2.24, 2.45) is 5.92 Å². The minimum absolute atomic E-state index is 0.597. The molecule has 1 aromatic heterocycles. The first-order valence-corrected chi connectivity index (χ1v) is 6.79. The van der Waals surface area contributed by atoms with E-state index in [1.54, 1.807) is 0 Å². The lowest BCUT2D eigenvalue weighted by Gasteiger charge is -2.40. The Morgan fingerprint density at radius 2 is 2.22 bits per heavy atom. The zero-order valence-corrected chi connectivity index (χ0v) is 11.8. The molecule has 2 rings (SSSR count).